The molecule has 3 rings (SSSR count). The molecule has 0 aromatic heterocycles. The van der Waals surface area contributed by atoms with Crippen molar-refractivity contribution in [2.24, 2.45) is 0 Å². The lowest BCUT2D eigenvalue weighted by molar-refractivity contribution is 0.252. The zero-order valence-electron chi connectivity index (χ0n) is 12.2. The summed E-state index contributed by atoms with van der Waals surface area (Å²) >= 11 is 5.92. The summed E-state index contributed by atoms with van der Waals surface area (Å²) in [5.74, 6) is 0.186. The first-order chi connectivity index (χ1) is 11.1. The lowest BCUT2D eigenvalue weighted by Gasteiger charge is -2.11. The summed E-state index contributed by atoms with van der Waals surface area (Å²) in [5, 5.41) is 17.6. The monoisotopic (exact) mass is 326 g/mol. The first-order valence-electron chi connectivity index (χ1n) is 7.13. The summed E-state index contributed by atoms with van der Waals surface area (Å²) in [6, 6.07) is 17.6. The van der Waals surface area contributed by atoms with Gasteiger partial charge >= 0.3 is 6.03 Å². The second kappa shape index (κ2) is 6.58. The molecule has 3 aromatic rings. The highest BCUT2D eigenvalue weighted by Gasteiger charge is 2.07. The Morgan fingerprint density at radius 1 is 1.00 bits per heavy atom. The van der Waals surface area contributed by atoms with Crippen LogP contribution in [0.15, 0.2) is 60.7 Å². The SMILES string of the molecule is O=C(NCc1cccc(Cl)c1)Nc1cccc2c(O)cccc12. The number of phenolic OH excluding ortho intramolecular Hbond substituents is 1. The number of phenols is 1. The van der Waals surface area contributed by atoms with Crippen LogP contribution in [0.2, 0.25) is 5.02 Å². The Kier molecular flexibility index (Phi) is 4.35. The number of aromatic hydroxyl groups is 1. The maximum absolute atomic E-state index is 12.1. The molecule has 0 unspecified atom stereocenters. The highest BCUT2D eigenvalue weighted by atomic mass is 35.5. The third kappa shape index (κ3) is 3.55. The van der Waals surface area contributed by atoms with Crippen LogP contribution in [0.4, 0.5) is 10.5 Å². The van der Waals surface area contributed by atoms with Gasteiger partial charge < -0.3 is 15.7 Å². The molecule has 0 saturated heterocycles. The summed E-state index contributed by atoms with van der Waals surface area (Å²) in [4.78, 5) is 12.1. The molecule has 0 heterocycles. The molecule has 0 aliphatic heterocycles. The predicted molar refractivity (Wildman–Crippen MR) is 92.9 cm³/mol. The predicted octanol–water partition coefficient (Wildman–Crippen LogP) is 4.52. The number of rotatable bonds is 3. The fraction of sp³-hybridized carbons (Fsp3) is 0.0556. The number of carbonyl (C=O) groups excluding carboxylic acids is 1. The minimum absolute atomic E-state index is 0.186. The van der Waals surface area contributed by atoms with E-state index in [4.69, 9.17) is 11.6 Å². The van der Waals surface area contributed by atoms with Crippen LogP contribution in [0.5, 0.6) is 5.75 Å². The molecule has 23 heavy (non-hydrogen) atoms. The smallest absolute Gasteiger partial charge is 0.319 e. The number of benzene rings is 3. The Balaban J connectivity index is 1.72. The topological polar surface area (TPSA) is 61.4 Å². The molecule has 3 N–H and O–H groups in total. The Morgan fingerprint density at radius 3 is 2.57 bits per heavy atom. The molecule has 0 aliphatic carbocycles. The van der Waals surface area contributed by atoms with Gasteiger partial charge in [0.25, 0.3) is 0 Å². The standard InChI is InChI=1S/C18H15ClN2O2/c19-13-5-1-4-12(10-13)11-20-18(23)21-16-8-2-7-15-14(16)6-3-9-17(15)22/h1-10,22H,11H2,(H2,20,21,23). The van der Waals surface area contributed by atoms with E-state index in [0.29, 0.717) is 22.6 Å². The number of hydrogen-bond acceptors (Lipinski definition) is 2. The summed E-state index contributed by atoms with van der Waals surface area (Å²) in [6.45, 7) is 0.377. The molecule has 3 aromatic carbocycles. The second-order valence-corrected chi connectivity index (χ2v) is 5.55. The maximum atomic E-state index is 12.1. The number of urea groups is 1. The Bertz CT molecular complexity index is 865. The minimum atomic E-state index is -0.319. The highest BCUT2D eigenvalue weighted by molar-refractivity contribution is 6.30. The summed E-state index contributed by atoms with van der Waals surface area (Å²) in [5.41, 5.74) is 1.56. The number of amides is 2. The van der Waals surface area contributed by atoms with Crippen molar-refractivity contribution < 1.29 is 9.90 Å². The van der Waals surface area contributed by atoms with Crippen LogP contribution >= 0.6 is 11.6 Å². The molecule has 0 bridgehead atoms. The third-order valence-corrected chi connectivity index (χ3v) is 3.72. The van der Waals surface area contributed by atoms with Gasteiger partial charge in [0.05, 0.1) is 5.69 Å². The van der Waals surface area contributed by atoms with Crippen LogP contribution in [-0.4, -0.2) is 11.1 Å². The van der Waals surface area contributed by atoms with Gasteiger partial charge in [-0.1, -0.05) is 48.0 Å². The van der Waals surface area contributed by atoms with Gasteiger partial charge in [-0.2, -0.15) is 0 Å². The van der Waals surface area contributed by atoms with Crippen LogP contribution < -0.4 is 10.6 Å². The minimum Gasteiger partial charge on any atom is -0.507 e. The summed E-state index contributed by atoms with van der Waals surface area (Å²) in [7, 11) is 0. The second-order valence-electron chi connectivity index (χ2n) is 5.12. The largest absolute Gasteiger partial charge is 0.507 e. The zero-order valence-corrected chi connectivity index (χ0v) is 13.0. The van der Waals surface area contributed by atoms with Crippen molar-refractivity contribution in [2.75, 3.05) is 5.32 Å². The van der Waals surface area contributed by atoms with E-state index in [1.165, 1.54) is 0 Å². The lowest BCUT2D eigenvalue weighted by atomic mass is 10.1. The first kappa shape index (κ1) is 15.2. The van der Waals surface area contributed by atoms with Gasteiger partial charge in [0.2, 0.25) is 0 Å². The number of fused-ring (bicyclic) bond motifs is 1. The Morgan fingerprint density at radius 2 is 1.74 bits per heavy atom. The van der Waals surface area contributed by atoms with Crippen molar-refractivity contribution in [3.8, 4) is 5.75 Å². The van der Waals surface area contributed by atoms with E-state index in [0.717, 1.165) is 10.9 Å². The van der Waals surface area contributed by atoms with E-state index in [1.807, 2.05) is 18.2 Å². The molecular weight excluding hydrogens is 312 g/mol. The molecule has 0 saturated carbocycles. The Labute approximate surface area is 138 Å². The van der Waals surface area contributed by atoms with Gasteiger partial charge in [0, 0.05) is 22.3 Å². The van der Waals surface area contributed by atoms with Crippen LogP contribution in [0.1, 0.15) is 5.56 Å². The van der Waals surface area contributed by atoms with Crippen molar-refractivity contribution in [3.05, 3.63) is 71.2 Å². The molecule has 0 fully saturated rings. The van der Waals surface area contributed by atoms with Crippen LogP contribution in [-0.2, 0) is 6.54 Å². The van der Waals surface area contributed by atoms with Crippen LogP contribution in [0, 0.1) is 0 Å². The van der Waals surface area contributed by atoms with Crippen molar-refractivity contribution in [1.82, 2.24) is 5.32 Å². The summed E-state index contributed by atoms with van der Waals surface area (Å²) in [6.07, 6.45) is 0. The van der Waals surface area contributed by atoms with Gasteiger partial charge in [-0.15, -0.1) is 0 Å². The van der Waals surface area contributed by atoms with E-state index in [-0.39, 0.29) is 11.8 Å². The fourth-order valence-electron chi connectivity index (χ4n) is 2.40. The van der Waals surface area contributed by atoms with Gasteiger partial charge in [-0.3, -0.25) is 0 Å². The molecule has 0 radical (unpaired) electrons. The lowest BCUT2D eigenvalue weighted by Crippen LogP contribution is -2.28. The number of nitrogens with one attached hydrogen (secondary N) is 2. The maximum Gasteiger partial charge on any atom is 0.319 e. The van der Waals surface area contributed by atoms with Crippen molar-refractivity contribution >= 4 is 34.1 Å². The van der Waals surface area contributed by atoms with E-state index < -0.39 is 0 Å². The van der Waals surface area contributed by atoms with Gasteiger partial charge in [0.1, 0.15) is 5.75 Å². The van der Waals surface area contributed by atoms with Crippen LogP contribution in [0.25, 0.3) is 10.8 Å². The van der Waals surface area contributed by atoms with Crippen molar-refractivity contribution in [2.45, 2.75) is 6.54 Å². The molecule has 0 aliphatic rings. The third-order valence-electron chi connectivity index (χ3n) is 3.49. The Hall–Kier alpha value is -2.72. The average molecular weight is 327 g/mol. The number of halogens is 1. The van der Waals surface area contributed by atoms with Crippen molar-refractivity contribution in [3.63, 3.8) is 0 Å². The number of carbonyl (C=O) groups is 1. The number of hydrogen-bond donors (Lipinski definition) is 3. The van der Waals surface area contributed by atoms with E-state index >= 15 is 0 Å². The van der Waals surface area contributed by atoms with E-state index in [2.05, 4.69) is 10.6 Å². The van der Waals surface area contributed by atoms with E-state index in [1.54, 1.807) is 42.5 Å². The van der Waals surface area contributed by atoms with Gasteiger partial charge in [0.15, 0.2) is 0 Å². The van der Waals surface area contributed by atoms with Crippen LogP contribution in [0.3, 0.4) is 0 Å². The molecule has 116 valence electrons. The highest BCUT2D eigenvalue weighted by Crippen LogP contribution is 2.29. The quantitative estimate of drug-likeness (QED) is 0.662. The normalized spacial score (nSPS) is 10.5. The average Bonchev–Trinajstić information content (AvgIpc) is 2.54. The molecule has 0 atom stereocenters. The van der Waals surface area contributed by atoms with E-state index in [9.17, 15) is 9.90 Å². The fourth-order valence-corrected chi connectivity index (χ4v) is 2.61. The first-order valence-corrected chi connectivity index (χ1v) is 7.51. The van der Waals surface area contributed by atoms with Gasteiger partial charge in [-0.05, 0) is 29.8 Å². The number of anilines is 1. The molecule has 4 nitrogen and oxygen atoms in total. The molecular formula is C18H15ClN2O2. The van der Waals surface area contributed by atoms with Crippen molar-refractivity contribution in [1.29, 1.82) is 0 Å². The summed E-state index contributed by atoms with van der Waals surface area (Å²) < 4.78 is 0. The van der Waals surface area contributed by atoms with Gasteiger partial charge in [-0.25, -0.2) is 4.79 Å². The molecule has 2 amide bonds. The molecule has 0 spiro atoms. The zero-order chi connectivity index (χ0) is 16.2. The molecule has 5 heteroatoms.